The second kappa shape index (κ2) is 15.5. The maximum absolute atomic E-state index is 5.82. The fraction of sp³-hybridized carbons (Fsp3) is 0.200. The molecule has 4 rings (SSSR count). The van der Waals surface area contributed by atoms with E-state index in [9.17, 15) is 0 Å². The van der Waals surface area contributed by atoms with Crippen LogP contribution >= 0.6 is 15.8 Å². The van der Waals surface area contributed by atoms with E-state index in [1.807, 2.05) is 24.3 Å². The topological polar surface area (TPSA) is 36.9 Å². The van der Waals surface area contributed by atoms with Crippen LogP contribution in [-0.4, -0.2) is 57.6 Å². The number of hydrogen-bond acceptors (Lipinski definition) is 4. The minimum absolute atomic E-state index is 0. The highest BCUT2D eigenvalue weighted by molar-refractivity contribution is 7.76. The van der Waals surface area contributed by atoms with E-state index in [0.29, 0.717) is 0 Å². The van der Waals surface area contributed by atoms with Gasteiger partial charge >= 0.3 is 0 Å². The molecule has 0 N–H and O–H groups in total. The maximum Gasteiger partial charge on any atom is 0.127 e. The molecule has 0 amide bonds. The zero-order valence-corrected chi connectivity index (χ0v) is 24.1. The molecule has 0 saturated heterocycles. The third kappa shape index (κ3) is 7.34. The van der Waals surface area contributed by atoms with Crippen molar-refractivity contribution in [1.29, 1.82) is 0 Å². The van der Waals surface area contributed by atoms with Crippen LogP contribution in [0.1, 0.15) is 0 Å². The summed E-state index contributed by atoms with van der Waals surface area (Å²) in [5.74, 6) is 3.48. The Morgan fingerprint density at radius 3 is 1.16 bits per heavy atom. The van der Waals surface area contributed by atoms with E-state index in [4.69, 9.17) is 18.9 Å². The SMILES string of the molecule is COc1ccc(OC)c(P(CCP(c2ccccc2)c2cc(OC)ccc2OC)c2ccccc2)c1.[B].[B]. The summed E-state index contributed by atoms with van der Waals surface area (Å²) in [4.78, 5) is 0. The van der Waals surface area contributed by atoms with E-state index in [-0.39, 0.29) is 16.8 Å². The van der Waals surface area contributed by atoms with E-state index < -0.39 is 15.8 Å². The summed E-state index contributed by atoms with van der Waals surface area (Å²) in [6, 6.07) is 33.7. The molecular formula is C30H32B2O4P2. The lowest BCUT2D eigenvalue weighted by Crippen LogP contribution is -2.21. The number of benzene rings is 4. The van der Waals surface area contributed by atoms with Crippen LogP contribution in [0.25, 0.3) is 0 Å². The van der Waals surface area contributed by atoms with Gasteiger partial charge in [0.05, 0.1) is 28.4 Å². The Hall–Kier alpha value is -2.93. The molecule has 4 nitrogen and oxygen atoms in total. The largest absolute Gasteiger partial charge is 0.497 e. The van der Waals surface area contributed by atoms with Gasteiger partial charge in [-0.25, -0.2) is 0 Å². The Balaban J connectivity index is 0.00000253. The molecule has 6 radical (unpaired) electrons. The molecule has 0 aliphatic rings. The van der Waals surface area contributed by atoms with Gasteiger partial charge in [0.25, 0.3) is 0 Å². The van der Waals surface area contributed by atoms with Crippen LogP contribution in [0, 0.1) is 0 Å². The van der Waals surface area contributed by atoms with E-state index >= 15 is 0 Å². The number of methoxy groups -OCH3 is 4. The molecule has 0 aromatic heterocycles. The zero-order valence-electron chi connectivity index (χ0n) is 22.3. The third-order valence-electron chi connectivity index (χ3n) is 6.04. The normalized spacial score (nSPS) is 11.8. The average molecular weight is 540 g/mol. The molecule has 0 aliphatic carbocycles. The molecular weight excluding hydrogens is 508 g/mol. The molecule has 4 aromatic rings. The minimum Gasteiger partial charge on any atom is -0.497 e. The number of hydrogen-bond donors (Lipinski definition) is 0. The van der Waals surface area contributed by atoms with Crippen LogP contribution in [0.2, 0.25) is 0 Å². The quantitative estimate of drug-likeness (QED) is 0.207. The van der Waals surface area contributed by atoms with Gasteiger partial charge in [-0.2, -0.15) is 0 Å². The van der Waals surface area contributed by atoms with Crippen molar-refractivity contribution < 1.29 is 18.9 Å². The van der Waals surface area contributed by atoms with Crippen LogP contribution in [0.15, 0.2) is 97.1 Å². The molecule has 192 valence electrons. The first-order valence-corrected chi connectivity index (χ1v) is 14.8. The third-order valence-corrected chi connectivity index (χ3v) is 11.4. The molecule has 0 bridgehead atoms. The van der Waals surface area contributed by atoms with Crippen LogP contribution in [0.4, 0.5) is 0 Å². The Kier molecular flexibility index (Phi) is 12.7. The van der Waals surface area contributed by atoms with Crippen molar-refractivity contribution in [2.24, 2.45) is 0 Å². The van der Waals surface area contributed by atoms with Crippen LogP contribution in [0.5, 0.6) is 23.0 Å². The van der Waals surface area contributed by atoms with Gasteiger partial charge in [0.15, 0.2) is 0 Å². The molecule has 0 fully saturated rings. The lowest BCUT2D eigenvalue weighted by molar-refractivity contribution is 0.406. The summed E-state index contributed by atoms with van der Waals surface area (Å²) in [6.45, 7) is 0. The predicted octanol–water partition coefficient (Wildman–Crippen LogP) is 4.53. The van der Waals surface area contributed by atoms with Crippen LogP contribution < -0.4 is 40.2 Å². The maximum atomic E-state index is 5.82. The van der Waals surface area contributed by atoms with Crippen molar-refractivity contribution in [3.05, 3.63) is 97.1 Å². The van der Waals surface area contributed by atoms with Crippen molar-refractivity contribution in [2.75, 3.05) is 40.8 Å². The molecule has 2 atom stereocenters. The summed E-state index contributed by atoms with van der Waals surface area (Å²) in [5, 5.41) is 5.02. The molecule has 0 heterocycles. The number of rotatable bonds is 11. The summed E-state index contributed by atoms with van der Waals surface area (Å²) < 4.78 is 22.8. The summed E-state index contributed by atoms with van der Waals surface area (Å²) in [6.07, 6.45) is 1.98. The highest BCUT2D eigenvalue weighted by atomic mass is 31.1. The van der Waals surface area contributed by atoms with Gasteiger partial charge in [-0.05, 0) is 75.2 Å². The lowest BCUT2D eigenvalue weighted by Gasteiger charge is -2.26. The van der Waals surface area contributed by atoms with E-state index in [1.54, 1.807) is 28.4 Å². The zero-order chi connectivity index (χ0) is 25.3. The van der Waals surface area contributed by atoms with Gasteiger partial charge in [0.2, 0.25) is 0 Å². The van der Waals surface area contributed by atoms with Crippen LogP contribution in [-0.2, 0) is 0 Å². The monoisotopic (exact) mass is 540 g/mol. The fourth-order valence-corrected chi connectivity index (χ4v) is 9.86. The molecule has 0 saturated carbocycles. The molecule has 0 aliphatic heterocycles. The Morgan fingerprint density at radius 1 is 0.474 bits per heavy atom. The van der Waals surface area contributed by atoms with E-state index in [0.717, 1.165) is 35.3 Å². The molecule has 38 heavy (non-hydrogen) atoms. The Bertz CT molecular complexity index is 1160. The molecule has 0 spiro atoms. The highest BCUT2D eigenvalue weighted by Crippen LogP contribution is 2.45. The second-order valence-corrected chi connectivity index (χ2v) is 12.7. The first kappa shape index (κ1) is 31.3. The molecule has 2 unspecified atom stereocenters. The standard InChI is InChI=1S/C30H32O4P2.2B/c1-31-23-15-17-27(33-3)29(21-23)35(25-11-7-5-8-12-25)19-20-36(26-13-9-6-10-14-26)30-22-24(32-2)16-18-28(30)34-4;;/h5-18,21-22H,19-20H2,1-4H3;;. The van der Waals surface area contributed by atoms with Gasteiger partial charge in [-0.1, -0.05) is 60.7 Å². The number of ether oxygens (including phenoxy) is 4. The van der Waals surface area contributed by atoms with E-state index in [2.05, 4.69) is 72.8 Å². The van der Waals surface area contributed by atoms with Gasteiger partial charge in [0, 0.05) is 27.4 Å². The van der Waals surface area contributed by atoms with Crippen molar-refractivity contribution in [1.82, 2.24) is 0 Å². The van der Waals surface area contributed by atoms with E-state index in [1.165, 1.54) is 21.2 Å². The first-order valence-electron chi connectivity index (χ1n) is 11.8. The van der Waals surface area contributed by atoms with Crippen LogP contribution in [0.3, 0.4) is 0 Å². The first-order chi connectivity index (χ1) is 17.7. The summed E-state index contributed by atoms with van der Waals surface area (Å²) >= 11 is 0. The predicted molar refractivity (Wildman–Crippen MR) is 166 cm³/mol. The average Bonchev–Trinajstić information content (AvgIpc) is 2.95. The molecule has 8 heteroatoms. The van der Waals surface area contributed by atoms with Crippen molar-refractivity contribution >= 4 is 53.9 Å². The highest BCUT2D eigenvalue weighted by Gasteiger charge is 2.24. The van der Waals surface area contributed by atoms with Gasteiger partial charge in [0.1, 0.15) is 23.0 Å². The summed E-state index contributed by atoms with van der Waals surface area (Å²) in [7, 11) is 5.50. The molecule has 4 aromatic carbocycles. The smallest absolute Gasteiger partial charge is 0.127 e. The van der Waals surface area contributed by atoms with Crippen molar-refractivity contribution in [2.45, 2.75) is 0 Å². The lowest BCUT2D eigenvalue weighted by atomic mass is 10.3. The summed E-state index contributed by atoms with van der Waals surface area (Å²) in [5.41, 5.74) is 0. The van der Waals surface area contributed by atoms with Gasteiger partial charge < -0.3 is 18.9 Å². The van der Waals surface area contributed by atoms with Gasteiger partial charge in [-0.3, -0.25) is 0 Å². The van der Waals surface area contributed by atoms with Gasteiger partial charge in [-0.15, -0.1) is 0 Å². The van der Waals surface area contributed by atoms with Crippen molar-refractivity contribution in [3.8, 4) is 23.0 Å². The Morgan fingerprint density at radius 2 is 0.842 bits per heavy atom. The Labute approximate surface area is 233 Å². The minimum atomic E-state index is -0.699. The van der Waals surface area contributed by atoms with Crippen molar-refractivity contribution in [3.63, 3.8) is 0 Å². The fourth-order valence-electron chi connectivity index (χ4n) is 4.21. The second-order valence-electron chi connectivity index (χ2n) is 8.05.